The van der Waals surface area contributed by atoms with Gasteiger partial charge in [0.1, 0.15) is 0 Å². The second-order valence-electron chi connectivity index (χ2n) is 4.21. The van der Waals surface area contributed by atoms with Gasteiger partial charge < -0.3 is 20.7 Å². The van der Waals surface area contributed by atoms with E-state index in [1.165, 1.54) is 0 Å². The van der Waals surface area contributed by atoms with Crippen LogP contribution in [0.25, 0.3) is 0 Å². The fourth-order valence-corrected chi connectivity index (χ4v) is 1.61. The third-order valence-corrected chi connectivity index (χ3v) is 2.81. The molecule has 0 fully saturated rings. The fraction of sp³-hybridized carbons (Fsp3) is 0.500. The van der Waals surface area contributed by atoms with Crippen LogP contribution in [0.15, 0.2) is 24.3 Å². The summed E-state index contributed by atoms with van der Waals surface area (Å²) < 4.78 is 5.15. The van der Waals surface area contributed by atoms with E-state index in [1.54, 1.807) is 0 Å². The summed E-state index contributed by atoms with van der Waals surface area (Å²) in [6, 6.07) is 7.83. The Morgan fingerprint density at radius 2 is 2.21 bits per heavy atom. The van der Waals surface area contributed by atoms with Crippen LogP contribution in [-0.4, -0.2) is 32.8 Å². The van der Waals surface area contributed by atoms with Gasteiger partial charge in [0.25, 0.3) is 0 Å². The molecule has 3 N–H and O–H groups in total. The van der Waals surface area contributed by atoms with Gasteiger partial charge in [0.15, 0.2) is 0 Å². The van der Waals surface area contributed by atoms with Gasteiger partial charge in [-0.25, -0.2) is 4.79 Å². The van der Waals surface area contributed by atoms with E-state index < -0.39 is 0 Å². The molecule has 0 aliphatic heterocycles. The lowest BCUT2D eigenvalue weighted by atomic mass is 10.1. The molecule has 0 bridgehead atoms. The van der Waals surface area contributed by atoms with Crippen molar-refractivity contribution in [1.82, 2.24) is 10.6 Å². The van der Waals surface area contributed by atoms with Crippen LogP contribution in [0.4, 0.5) is 10.5 Å². The molecule has 2 amide bonds. The highest BCUT2D eigenvalue weighted by Crippen LogP contribution is 2.16. The van der Waals surface area contributed by atoms with Crippen LogP contribution in [0, 0.1) is 0 Å². The van der Waals surface area contributed by atoms with Crippen molar-refractivity contribution in [1.29, 1.82) is 0 Å². The zero-order valence-corrected chi connectivity index (χ0v) is 11.8. The molecule has 0 saturated carbocycles. The SMILES string of the molecule is CCOCCNC(=O)Nc1cccc(C(C)NC)c1. The Kier molecular flexibility index (Phi) is 6.92. The number of amides is 2. The smallest absolute Gasteiger partial charge is 0.319 e. The number of rotatable bonds is 7. The summed E-state index contributed by atoms with van der Waals surface area (Å²) in [5.41, 5.74) is 1.92. The first-order chi connectivity index (χ1) is 9.17. The minimum absolute atomic E-state index is 0.214. The van der Waals surface area contributed by atoms with Gasteiger partial charge in [0.05, 0.1) is 6.61 Å². The average molecular weight is 265 g/mol. The molecule has 5 heteroatoms. The predicted octanol–water partition coefficient (Wildman–Crippen LogP) is 2.12. The standard InChI is InChI=1S/C14H23N3O2/c1-4-19-9-8-16-14(18)17-13-7-5-6-12(10-13)11(2)15-3/h5-7,10-11,15H,4,8-9H2,1-3H3,(H2,16,17,18). The summed E-state index contributed by atoms with van der Waals surface area (Å²) in [6.45, 7) is 5.69. The Labute approximate surface area is 114 Å². The molecule has 1 aromatic rings. The third-order valence-electron chi connectivity index (χ3n) is 2.81. The van der Waals surface area contributed by atoms with Crippen LogP contribution in [0.3, 0.4) is 0 Å². The minimum atomic E-state index is -0.214. The Morgan fingerprint density at radius 3 is 2.89 bits per heavy atom. The number of carbonyl (C=O) groups is 1. The molecule has 1 rings (SSSR count). The summed E-state index contributed by atoms with van der Waals surface area (Å²) in [6.07, 6.45) is 0. The van der Waals surface area contributed by atoms with Crippen molar-refractivity contribution in [2.24, 2.45) is 0 Å². The van der Waals surface area contributed by atoms with Crippen molar-refractivity contribution >= 4 is 11.7 Å². The van der Waals surface area contributed by atoms with Gasteiger partial charge in [0.2, 0.25) is 0 Å². The zero-order valence-electron chi connectivity index (χ0n) is 11.8. The van der Waals surface area contributed by atoms with Crippen LogP contribution in [0.2, 0.25) is 0 Å². The lowest BCUT2D eigenvalue weighted by molar-refractivity contribution is 0.150. The lowest BCUT2D eigenvalue weighted by Gasteiger charge is -2.13. The minimum Gasteiger partial charge on any atom is -0.380 e. The summed E-state index contributed by atoms with van der Waals surface area (Å²) in [5, 5.41) is 8.71. The Morgan fingerprint density at radius 1 is 1.42 bits per heavy atom. The van der Waals surface area contributed by atoms with Crippen LogP contribution in [-0.2, 0) is 4.74 Å². The van der Waals surface area contributed by atoms with Gasteiger partial charge in [-0.3, -0.25) is 0 Å². The van der Waals surface area contributed by atoms with E-state index in [0.717, 1.165) is 11.3 Å². The first-order valence-corrected chi connectivity index (χ1v) is 6.57. The van der Waals surface area contributed by atoms with Crippen LogP contribution >= 0.6 is 0 Å². The molecule has 5 nitrogen and oxygen atoms in total. The van der Waals surface area contributed by atoms with E-state index in [0.29, 0.717) is 19.8 Å². The topological polar surface area (TPSA) is 62.4 Å². The highest BCUT2D eigenvalue weighted by molar-refractivity contribution is 5.89. The monoisotopic (exact) mass is 265 g/mol. The molecule has 0 heterocycles. The summed E-state index contributed by atoms with van der Waals surface area (Å²) >= 11 is 0. The molecule has 0 spiro atoms. The predicted molar refractivity (Wildman–Crippen MR) is 77.4 cm³/mol. The maximum atomic E-state index is 11.6. The molecule has 19 heavy (non-hydrogen) atoms. The molecule has 1 atom stereocenters. The number of urea groups is 1. The zero-order chi connectivity index (χ0) is 14.1. The Bertz CT molecular complexity index is 396. The van der Waals surface area contributed by atoms with Crippen molar-refractivity contribution in [3.63, 3.8) is 0 Å². The summed E-state index contributed by atoms with van der Waals surface area (Å²) in [7, 11) is 1.91. The lowest BCUT2D eigenvalue weighted by Crippen LogP contribution is -2.31. The van der Waals surface area contributed by atoms with E-state index in [4.69, 9.17) is 4.74 Å². The number of ether oxygens (including phenoxy) is 1. The Hall–Kier alpha value is -1.59. The first kappa shape index (κ1) is 15.5. The second-order valence-corrected chi connectivity index (χ2v) is 4.21. The van der Waals surface area contributed by atoms with Crippen LogP contribution < -0.4 is 16.0 Å². The molecule has 0 aliphatic rings. The third kappa shape index (κ3) is 5.72. The van der Waals surface area contributed by atoms with E-state index in [-0.39, 0.29) is 12.1 Å². The molecule has 106 valence electrons. The number of hydrogen-bond donors (Lipinski definition) is 3. The van der Waals surface area contributed by atoms with Gasteiger partial charge in [-0.15, -0.1) is 0 Å². The molecule has 1 unspecified atom stereocenters. The fourth-order valence-electron chi connectivity index (χ4n) is 1.61. The van der Waals surface area contributed by atoms with Gasteiger partial charge in [-0.1, -0.05) is 12.1 Å². The summed E-state index contributed by atoms with van der Waals surface area (Å²) in [5.74, 6) is 0. The molecule has 0 aromatic heterocycles. The molecular weight excluding hydrogens is 242 g/mol. The van der Waals surface area contributed by atoms with Crippen molar-refractivity contribution in [3.8, 4) is 0 Å². The van der Waals surface area contributed by atoms with Crippen LogP contribution in [0.1, 0.15) is 25.5 Å². The number of carbonyl (C=O) groups excluding carboxylic acids is 1. The van der Waals surface area contributed by atoms with Crippen molar-refractivity contribution < 1.29 is 9.53 Å². The normalized spacial score (nSPS) is 11.9. The average Bonchev–Trinajstić information content (AvgIpc) is 2.43. The van der Waals surface area contributed by atoms with Gasteiger partial charge >= 0.3 is 6.03 Å². The van der Waals surface area contributed by atoms with Crippen molar-refractivity contribution in [2.45, 2.75) is 19.9 Å². The Balaban J connectivity index is 2.45. The van der Waals surface area contributed by atoms with E-state index in [9.17, 15) is 4.79 Å². The summed E-state index contributed by atoms with van der Waals surface area (Å²) in [4.78, 5) is 11.6. The largest absolute Gasteiger partial charge is 0.380 e. The number of nitrogens with one attached hydrogen (secondary N) is 3. The quantitative estimate of drug-likeness (QED) is 0.662. The second kappa shape index (κ2) is 8.50. The van der Waals surface area contributed by atoms with E-state index in [1.807, 2.05) is 38.2 Å². The van der Waals surface area contributed by atoms with Gasteiger partial charge in [-0.05, 0) is 38.6 Å². The highest BCUT2D eigenvalue weighted by Gasteiger charge is 2.05. The highest BCUT2D eigenvalue weighted by atomic mass is 16.5. The maximum Gasteiger partial charge on any atom is 0.319 e. The number of hydrogen-bond acceptors (Lipinski definition) is 3. The van der Waals surface area contributed by atoms with Crippen molar-refractivity contribution in [3.05, 3.63) is 29.8 Å². The van der Waals surface area contributed by atoms with Crippen LogP contribution in [0.5, 0.6) is 0 Å². The van der Waals surface area contributed by atoms with E-state index >= 15 is 0 Å². The molecule has 0 saturated heterocycles. The van der Waals surface area contributed by atoms with Gasteiger partial charge in [-0.2, -0.15) is 0 Å². The van der Waals surface area contributed by atoms with Gasteiger partial charge in [0, 0.05) is 24.9 Å². The number of anilines is 1. The first-order valence-electron chi connectivity index (χ1n) is 6.57. The molecule has 0 radical (unpaired) electrons. The van der Waals surface area contributed by atoms with E-state index in [2.05, 4.69) is 22.9 Å². The molecular formula is C14H23N3O2. The molecule has 1 aromatic carbocycles. The number of benzene rings is 1. The molecule has 0 aliphatic carbocycles. The maximum absolute atomic E-state index is 11.6. The van der Waals surface area contributed by atoms with Crippen molar-refractivity contribution in [2.75, 3.05) is 32.1 Å².